The number of anilines is 1. The van der Waals surface area contributed by atoms with Crippen LogP contribution in [0.2, 0.25) is 0 Å². The summed E-state index contributed by atoms with van der Waals surface area (Å²) in [5.74, 6) is -0.231. The summed E-state index contributed by atoms with van der Waals surface area (Å²) < 4.78 is 0. The number of rotatable bonds is 7. The summed E-state index contributed by atoms with van der Waals surface area (Å²) in [5.41, 5.74) is 2.95. The lowest BCUT2D eigenvalue weighted by atomic mass is 10.0. The Kier molecular flexibility index (Phi) is 5.47. The van der Waals surface area contributed by atoms with Crippen LogP contribution >= 0.6 is 0 Å². The average molecular weight is 299 g/mol. The molecule has 1 unspecified atom stereocenters. The number of aliphatic carboxylic acids is 1. The molecule has 1 aromatic carbocycles. The van der Waals surface area contributed by atoms with Gasteiger partial charge < -0.3 is 10.4 Å². The van der Waals surface area contributed by atoms with Crippen molar-refractivity contribution in [2.45, 2.75) is 39.2 Å². The number of carbonyl (C=O) groups is 1. The van der Waals surface area contributed by atoms with Crippen LogP contribution < -0.4 is 5.32 Å². The van der Waals surface area contributed by atoms with E-state index in [4.69, 9.17) is 5.11 Å². The van der Waals surface area contributed by atoms with Gasteiger partial charge in [0.1, 0.15) is 0 Å². The first-order chi connectivity index (χ1) is 10.5. The third-order valence-electron chi connectivity index (χ3n) is 3.35. The first-order valence-electron chi connectivity index (χ1n) is 7.37. The summed E-state index contributed by atoms with van der Waals surface area (Å²) in [6.45, 7) is 3.84. The second-order valence-electron chi connectivity index (χ2n) is 5.44. The van der Waals surface area contributed by atoms with Gasteiger partial charge in [0.2, 0.25) is 5.95 Å². The molecule has 0 radical (unpaired) electrons. The molecule has 2 N–H and O–H groups in total. The summed E-state index contributed by atoms with van der Waals surface area (Å²) in [6, 6.07) is 11.9. The van der Waals surface area contributed by atoms with Crippen LogP contribution in [0.4, 0.5) is 5.95 Å². The molecule has 0 fully saturated rings. The molecule has 0 saturated heterocycles. The molecular weight excluding hydrogens is 278 g/mol. The molecule has 1 atom stereocenters. The second-order valence-corrected chi connectivity index (χ2v) is 5.44. The van der Waals surface area contributed by atoms with Crippen molar-refractivity contribution in [1.29, 1.82) is 0 Å². The van der Waals surface area contributed by atoms with Crippen molar-refractivity contribution < 1.29 is 9.90 Å². The molecule has 116 valence electrons. The number of nitrogens with one attached hydrogen (secondary N) is 1. The molecule has 0 aliphatic carbocycles. The van der Waals surface area contributed by atoms with Crippen molar-refractivity contribution in [3.63, 3.8) is 0 Å². The fourth-order valence-electron chi connectivity index (χ4n) is 2.39. The van der Waals surface area contributed by atoms with E-state index in [1.807, 2.05) is 50.2 Å². The van der Waals surface area contributed by atoms with E-state index in [1.165, 1.54) is 0 Å². The SMILES string of the molecule is Cc1cc(C)nc(NC(CCC(=O)O)Cc2ccccc2)n1. The molecule has 0 amide bonds. The monoisotopic (exact) mass is 299 g/mol. The predicted octanol–water partition coefficient (Wildman–Crippen LogP) is 2.98. The van der Waals surface area contributed by atoms with E-state index in [1.54, 1.807) is 0 Å². The van der Waals surface area contributed by atoms with Crippen LogP contribution in [0.15, 0.2) is 36.4 Å². The van der Waals surface area contributed by atoms with E-state index in [2.05, 4.69) is 15.3 Å². The number of hydrogen-bond acceptors (Lipinski definition) is 4. The third kappa shape index (κ3) is 5.16. The van der Waals surface area contributed by atoms with Gasteiger partial charge in [0.15, 0.2) is 0 Å². The summed E-state index contributed by atoms with van der Waals surface area (Å²) in [6.07, 6.45) is 1.39. The molecule has 2 aromatic rings. The number of hydrogen-bond donors (Lipinski definition) is 2. The maximum absolute atomic E-state index is 10.9. The topological polar surface area (TPSA) is 75.1 Å². The maximum atomic E-state index is 10.9. The number of carboxylic acid groups (broad SMARTS) is 1. The van der Waals surface area contributed by atoms with E-state index < -0.39 is 5.97 Å². The Bertz CT molecular complexity index is 609. The zero-order valence-electron chi connectivity index (χ0n) is 12.9. The highest BCUT2D eigenvalue weighted by molar-refractivity contribution is 5.66. The van der Waals surface area contributed by atoms with Gasteiger partial charge in [-0.1, -0.05) is 30.3 Å². The molecule has 0 bridgehead atoms. The molecule has 0 aliphatic heterocycles. The van der Waals surface area contributed by atoms with E-state index in [0.717, 1.165) is 23.4 Å². The van der Waals surface area contributed by atoms with Crippen LogP contribution in [0, 0.1) is 13.8 Å². The lowest BCUT2D eigenvalue weighted by molar-refractivity contribution is -0.137. The van der Waals surface area contributed by atoms with Crippen LogP contribution in [0.5, 0.6) is 0 Å². The largest absolute Gasteiger partial charge is 0.481 e. The van der Waals surface area contributed by atoms with Gasteiger partial charge in [-0.25, -0.2) is 9.97 Å². The zero-order chi connectivity index (χ0) is 15.9. The minimum atomic E-state index is -0.791. The molecule has 0 aliphatic rings. The standard InChI is InChI=1S/C17H21N3O2/c1-12-10-13(2)19-17(18-12)20-15(8-9-16(21)22)11-14-6-4-3-5-7-14/h3-7,10,15H,8-9,11H2,1-2H3,(H,21,22)(H,18,19,20). The number of benzene rings is 1. The van der Waals surface area contributed by atoms with Crippen molar-refractivity contribution in [2.75, 3.05) is 5.32 Å². The van der Waals surface area contributed by atoms with Gasteiger partial charge >= 0.3 is 5.97 Å². The normalized spacial score (nSPS) is 11.9. The Morgan fingerprint density at radius 3 is 2.41 bits per heavy atom. The number of aryl methyl sites for hydroxylation is 2. The number of aromatic nitrogens is 2. The summed E-state index contributed by atoms with van der Waals surface area (Å²) in [4.78, 5) is 19.6. The van der Waals surface area contributed by atoms with Crippen molar-refractivity contribution in [3.05, 3.63) is 53.3 Å². The van der Waals surface area contributed by atoms with Crippen molar-refractivity contribution in [2.24, 2.45) is 0 Å². The van der Waals surface area contributed by atoms with E-state index in [0.29, 0.717) is 12.4 Å². The summed E-state index contributed by atoms with van der Waals surface area (Å²) in [5, 5.41) is 12.2. The second kappa shape index (κ2) is 7.54. The Morgan fingerprint density at radius 1 is 1.18 bits per heavy atom. The molecule has 5 nitrogen and oxygen atoms in total. The number of nitrogens with zero attached hydrogens (tertiary/aromatic N) is 2. The van der Waals surface area contributed by atoms with Gasteiger partial charge in [-0.2, -0.15) is 0 Å². The molecular formula is C17H21N3O2. The summed E-state index contributed by atoms with van der Waals surface area (Å²) >= 11 is 0. The third-order valence-corrected chi connectivity index (χ3v) is 3.35. The van der Waals surface area contributed by atoms with E-state index in [-0.39, 0.29) is 12.5 Å². The Hall–Kier alpha value is -2.43. The fourth-order valence-corrected chi connectivity index (χ4v) is 2.39. The highest BCUT2D eigenvalue weighted by Gasteiger charge is 2.13. The predicted molar refractivity (Wildman–Crippen MR) is 85.9 cm³/mol. The molecule has 2 rings (SSSR count). The minimum absolute atomic E-state index is 0.0142. The lowest BCUT2D eigenvalue weighted by Gasteiger charge is -2.18. The van der Waals surface area contributed by atoms with Gasteiger partial charge in [0.25, 0.3) is 0 Å². The minimum Gasteiger partial charge on any atom is -0.481 e. The van der Waals surface area contributed by atoms with Gasteiger partial charge in [0.05, 0.1) is 0 Å². The smallest absolute Gasteiger partial charge is 0.303 e. The van der Waals surface area contributed by atoms with Gasteiger partial charge in [0, 0.05) is 23.9 Å². The molecule has 1 aromatic heterocycles. The zero-order valence-corrected chi connectivity index (χ0v) is 12.9. The number of carboxylic acids is 1. The highest BCUT2D eigenvalue weighted by Crippen LogP contribution is 2.13. The van der Waals surface area contributed by atoms with Crippen LogP contribution in [0.1, 0.15) is 29.8 Å². The Balaban J connectivity index is 2.11. The van der Waals surface area contributed by atoms with Crippen LogP contribution in [-0.4, -0.2) is 27.1 Å². The molecule has 5 heteroatoms. The van der Waals surface area contributed by atoms with Crippen LogP contribution in [-0.2, 0) is 11.2 Å². The van der Waals surface area contributed by atoms with Crippen LogP contribution in [0.25, 0.3) is 0 Å². The fraction of sp³-hybridized carbons (Fsp3) is 0.353. The van der Waals surface area contributed by atoms with Crippen molar-refractivity contribution >= 4 is 11.9 Å². The highest BCUT2D eigenvalue weighted by atomic mass is 16.4. The molecule has 0 spiro atoms. The first kappa shape index (κ1) is 15.9. The first-order valence-corrected chi connectivity index (χ1v) is 7.37. The quantitative estimate of drug-likeness (QED) is 0.822. The molecule has 1 heterocycles. The van der Waals surface area contributed by atoms with E-state index in [9.17, 15) is 4.79 Å². The molecule has 0 saturated carbocycles. The van der Waals surface area contributed by atoms with E-state index >= 15 is 0 Å². The Morgan fingerprint density at radius 2 is 1.82 bits per heavy atom. The lowest BCUT2D eigenvalue weighted by Crippen LogP contribution is -2.25. The van der Waals surface area contributed by atoms with Gasteiger partial charge in [-0.05, 0) is 38.3 Å². The van der Waals surface area contributed by atoms with Crippen molar-refractivity contribution in [1.82, 2.24) is 9.97 Å². The Labute approximate surface area is 130 Å². The van der Waals surface area contributed by atoms with Gasteiger partial charge in [-0.3, -0.25) is 4.79 Å². The maximum Gasteiger partial charge on any atom is 0.303 e. The average Bonchev–Trinajstić information content (AvgIpc) is 2.44. The van der Waals surface area contributed by atoms with Crippen molar-refractivity contribution in [3.8, 4) is 0 Å². The summed E-state index contributed by atoms with van der Waals surface area (Å²) in [7, 11) is 0. The molecule has 22 heavy (non-hydrogen) atoms. The van der Waals surface area contributed by atoms with Crippen LogP contribution in [0.3, 0.4) is 0 Å². The van der Waals surface area contributed by atoms with Gasteiger partial charge in [-0.15, -0.1) is 0 Å².